The molecular weight excluding hydrogens is 264 g/mol. The number of amides is 2. The van der Waals surface area contributed by atoms with E-state index in [1.165, 1.54) is 5.56 Å². The Bertz CT molecular complexity index is 454. The molecule has 1 unspecified atom stereocenters. The van der Waals surface area contributed by atoms with Crippen LogP contribution in [-0.2, 0) is 0 Å². The second-order valence-corrected chi connectivity index (χ2v) is 5.94. The Morgan fingerprint density at radius 1 is 1.33 bits per heavy atom. The molecule has 1 aliphatic rings. The number of carbonyl (C=O) groups excluding carboxylic acids is 1. The average molecular weight is 290 g/mol. The molecule has 2 rings (SSSR count). The SMILES string of the molecule is Cc1ccc(C(C)NC(=O)N(CCCCO)C2CC2)cc1. The fourth-order valence-electron chi connectivity index (χ4n) is 2.44. The summed E-state index contributed by atoms with van der Waals surface area (Å²) in [7, 11) is 0. The fraction of sp³-hybridized carbons (Fsp3) is 0.588. The van der Waals surface area contributed by atoms with Crippen molar-refractivity contribution in [3.05, 3.63) is 35.4 Å². The first-order valence-corrected chi connectivity index (χ1v) is 7.86. The molecule has 1 aromatic carbocycles. The molecule has 2 N–H and O–H groups in total. The van der Waals surface area contributed by atoms with Gasteiger partial charge in [-0.05, 0) is 45.1 Å². The van der Waals surface area contributed by atoms with Gasteiger partial charge in [-0.1, -0.05) is 29.8 Å². The molecule has 21 heavy (non-hydrogen) atoms. The minimum absolute atomic E-state index is 0.0113. The third-order valence-electron chi connectivity index (χ3n) is 3.97. The molecule has 116 valence electrons. The van der Waals surface area contributed by atoms with Gasteiger partial charge in [0.05, 0.1) is 6.04 Å². The number of aryl methyl sites for hydroxylation is 1. The van der Waals surface area contributed by atoms with Crippen LogP contribution in [0.1, 0.15) is 49.8 Å². The molecule has 0 aromatic heterocycles. The van der Waals surface area contributed by atoms with Crippen molar-refractivity contribution in [1.29, 1.82) is 0 Å². The Morgan fingerprint density at radius 3 is 2.57 bits per heavy atom. The molecule has 0 saturated heterocycles. The van der Waals surface area contributed by atoms with E-state index in [0.717, 1.165) is 37.8 Å². The fourth-order valence-corrected chi connectivity index (χ4v) is 2.44. The van der Waals surface area contributed by atoms with Crippen LogP contribution < -0.4 is 5.32 Å². The number of carbonyl (C=O) groups is 1. The Morgan fingerprint density at radius 2 is 2.00 bits per heavy atom. The predicted octanol–water partition coefficient (Wildman–Crippen LogP) is 3.00. The zero-order chi connectivity index (χ0) is 15.2. The standard InChI is InChI=1S/C17H26N2O2/c1-13-5-7-15(8-6-13)14(2)18-17(21)19(16-9-10-16)11-3-4-12-20/h5-8,14,16,20H,3-4,9-12H2,1-2H3,(H,18,21). The summed E-state index contributed by atoms with van der Waals surface area (Å²) in [6, 6.07) is 8.69. The summed E-state index contributed by atoms with van der Waals surface area (Å²) >= 11 is 0. The van der Waals surface area contributed by atoms with Crippen molar-refractivity contribution < 1.29 is 9.90 Å². The number of rotatable bonds is 7. The van der Waals surface area contributed by atoms with Gasteiger partial charge in [0.25, 0.3) is 0 Å². The average Bonchev–Trinajstić information content (AvgIpc) is 3.28. The van der Waals surface area contributed by atoms with Crippen molar-refractivity contribution in [3.63, 3.8) is 0 Å². The van der Waals surface area contributed by atoms with Crippen LogP contribution in [-0.4, -0.2) is 35.2 Å². The molecule has 1 fully saturated rings. The van der Waals surface area contributed by atoms with Crippen molar-refractivity contribution in [2.45, 2.75) is 51.6 Å². The van der Waals surface area contributed by atoms with E-state index < -0.39 is 0 Å². The van der Waals surface area contributed by atoms with Crippen LogP contribution in [0.3, 0.4) is 0 Å². The highest BCUT2D eigenvalue weighted by Gasteiger charge is 2.32. The lowest BCUT2D eigenvalue weighted by Crippen LogP contribution is -2.42. The van der Waals surface area contributed by atoms with Crippen LogP contribution >= 0.6 is 0 Å². The summed E-state index contributed by atoms with van der Waals surface area (Å²) in [5.41, 5.74) is 2.35. The topological polar surface area (TPSA) is 52.6 Å². The molecule has 4 heteroatoms. The lowest BCUT2D eigenvalue weighted by molar-refractivity contribution is 0.187. The predicted molar refractivity (Wildman–Crippen MR) is 84.2 cm³/mol. The highest BCUT2D eigenvalue weighted by Crippen LogP contribution is 2.27. The quantitative estimate of drug-likeness (QED) is 0.758. The van der Waals surface area contributed by atoms with Gasteiger partial charge in [0.15, 0.2) is 0 Å². The van der Waals surface area contributed by atoms with Gasteiger partial charge in [-0.25, -0.2) is 4.79 Å². The molecule has 1 aliphatic carbocycles. The number of aliphatic hydroxyl groups is 1. The van der Waals surface area contributed by atoms with Crippen molar-refractivity contribution in [2.24, 2.45) is 0 Å². The van der Waals surface area contributed by atoms with Crippen molar-refractivity contribution in [3.8, 4) is 0 Å². The van der Waals surface area contributed by atoms with Gasteiger partial charge in [0.2, 0.25) is 0 Å². The monoisotopic (exact) mass is 290 g/mol. The van der Waals surface area contributed by atoms with Crippen LogP contribution in [0.2, 0.25) is 0 Å². The molecule has 1 saturated carbocycles. The highest BCUT2D eigenvalue weighted by atomic mass is 16.3. The Labute approximate surface area is 127 Å². The van der Waals surface area contributed by atoms with E-state index in [0.29, 0.717) is 6.04 Å². The van der Waals surface area contributed by atoms with E-state index in [9.17, 15) is 4.79 Å². The summed E-state index contributed by atoms with van der Waals surface area (Å²) in [5.74, 6) is 0. The van der Waals surface area contributed by atoms with E-state index in [-0.39, 0.29) is 18.7 Å². The maximum atomic E-state index is 12.4. The number of nitrogens with zero attached hydrogens (tertiary/aromatic N) is 1. The zero-order valence-corrected chi connectivity index (χ0v) is 13.0. The Balaban J connectivity index is 1.89. The summed E-state index contributed by atoms with van der Waals surface area (Å²) in [5, 5.41) is 12.0. The first kappa shape index (κ1) is 15.8. The molecular formula is C17H26N2O2. The molecule has 0 aliphatic heterocycles. The molecule has 1 aromatic rings. The van der Waals surface area contributed by atoms with Gasteiger partial charge in [-0.15, -0.1) is 0 Å². The van der Waals surface area contributed by atoms with Crippen LogP contribution in [0.25, 0.3) is 0 Å². The molecule has 0 heterocycles. The first-order chi connectivity index (χ1) is 10.1. The van der Waals surface area contributed by atoms with Crippen molar-refractivity contribution >= 4 is 6.03 Å². The van der Waals surface area contributed by atoms with Gasteiger partial charge in [0.1, 0.15) is 0 Å². The number of hydrogen-bond donors (Lipinski definition) is 2. The van der Waals surface area contributed by atoms with Crippen LogP contribution in [0, 0.1) is 6.92 Å². The summed E-state index contributed by atoms with van der Waals surface area (Å²) in [4.78, 5) is 14.4. The van der Waals surface area contributed by atoms with E-state index in [2.05, 4.69) is 36.5 Å². The summed E-state index contributed by atoms with van der Waals surface area (Å²) in [6.45, 7) is 5.00. The number of benzene rings is 1. The van der Waals surface area contributed by atoms with Crippen LogP contribution in [0.15, 0.2) is 24.3 Å². The Kier molecular flexibility index (Phi) is 5.62. The first-order valence-electron chi connectivity index (χ1n) is 7.86. The molecule has 1 atom stereocenters. The lowest BCUT2D eigenvalue weighted by Gasteiger charge is -2.25. The van der Waals surface area contributed by atoms with Gasteiger partial charge in [-0.3, -0.25) is 0 Å². The van der Waals surface area contributed by atoms with Gasteiger partial charge in [-0.2, -0.15) is 0 Å². The number of aliphatic hydroxyl groups excluding tert-OH is 1. The van der Waals surface area contributed by atoms with Crippen LogP contribution in [0.4, 0.5) is 4.79 Å². The highest BCUT2D eigenvalue weighted by molar-refractivity contribution is 5.75. The third-order valence-corrected chi connectivity index (χ3v) is 3.97. The van der Waals surface area contributed by atoms with Crippen molar-refractivity contribution in [1.82, 2.24) is 10.2 Å². The minimum Gasteiger partial charge on any atom is -0.396 e. The normalized spacial score (nSPS) is 15.6. The Hall–Kier alpha value is -1.55. The van der Waals surface area contributed by atoms with E-state index in [1.807, 2.05) is 11.8 Å². The second-order valence-electron chi connectivity index (χ2n) is 5.94. The number of unbranched alkanes of at least 4 members (excludes halogenated alkanes) is 1. The smallest absolute Gasteiger partial charge is 0.318 e. The van der Waals surface area contributed by atoms with E-state index >= 15 is 0 Å². The molecule has 4 nitrogen and oxygen atoms in total. The second kappa shape index (κ2) is 7.46. The maximum absolute atomic E-state index is 12.4. The largest absolute Gasteiger partial charge is 0.396 e. The molecule has 0 bridgehead atoms. The third kappa shape index (κ3) is 4.74. The lowest BCUT2D eigenvalue weighted by atomic mass is 10.1. The minimum atomic E-state index is 0.0113. The van der Waals surface area contributed by atoms with Gasteiger partial charge >= 0.3 is 6.03 Å². The zero-order valence-electron chi connectivity index (χ0n) is 13.0. The summed E-state index contributed by atoms with van der Waals surface area (Å²) in [6.07, 6.45) is 3.82. The van der Waals surface area contributed by atoms with Gasteiger partial charge < -0.3 is 15.3 Å². The summed E-state index contributed by atoms with van der Waals surface area (Å²) < 4.78 is 0. The number of urea groups is 1. The van der Waals surface area contributed by atoms with Gasteiger partial charge in [0, 0.05) is 19.2 Å². The van der Waals surface area contributed by atoms with E-state index in [1.54, 1.807) is 0 Å². The number of hydrogen-bond acceptors (Lipinski definition) is 2. The van der Waals surface area contributed by atoms with Crippen LogP contribution in [0.5, 0.6) is 0 Å². The van der Waals surface area contributed by atoms with Crippen molar-refractivity contribution in [2.75, 3.05) is 13.2 Å². The molecule has 0 radical (unpaired) electrons. The molecule has 0 spiro atoms. The maximum Gasteiger partial charge on any atom is 0.318 e. The molecule has 2 amide bonds. The van der Waals surface area contributed by atoms with E-state index in [4.69, 9.17) is 5.11 Å². The number of nitrogens with one attached hydrogen (secondary N) is 1.